The van der Waals surface area contributed by atoms with Crippen LogP contribution in [-0.2, 0) is 4.79 Å². The zero-order chi connectivity index (χ0) is 14.3. The fraction of sp³-hybridized carbons (Fsp3) is 0.588. The van der Waals surface area contributed by atoms with E-state index < -0.39 is 0 Å². The second-order valence-electron chi connectivity index (χ2n) is 6.20. The summed E-state index contributed by atoms with van der Waals surface area (Å²) >= 11 is 2.34. The molecule has 4 atom stereocenters. The summed E-state index contributed by atoms with van der Waals surface area (Å²) in [5, 5.41) is 0. The molecule has 2 heterocycles. The lowest BCUT2D eigenvalue weighted by molar-refractivity contribution is -0.126. The normalized spacial score (nSPS) is 33.4. The number of carbonyl (C=O) groups excluding carboxylic acids is 1. The molecule has 2 fully saturated rings. The first-order valence-electron chi connectivity index (χ1n) is 7.62. The molecule has 0 N–H and O–H groups in total. The van der Waals surface area contributed by atoms with Crippen LogP contribution in [-0.4, -0.2) is 29.8 Å². The number of rotatable bonds is 3. The molecule has 1 aromatic carbocycles. The maximum atomic E-state index is 12.5. The number of hydrogen-bond donors (Lipinski definition) is 0. The van der Waals surface area contributed by atoms with Crippen LogP contribution in [0.25, 0.3) is 0 Å². The Morgan fingerprint density at radius 1 is 1.30 bits per heavy atom. The maximum absolute atomic E-state index is 12.5. The average molecular weight is 383 g/mol. The molecule has 20 heavy (non-hydrogen) atoms. The monoisotopic (exact) mass is 383 g/mol. The fourth-order valence-electron chi connectivity index (χ4n) is 4.19. The zero-order valence-corrected chi connectivity index (χ0v) is 14.3. The first-order valence-corrected chi connectivity index (χ1v) is 8.69. The third kappa shape index (κ3) is 2.43. The summed E-state index contributed by atoms with van der Waals surface area (Å²) in [5.41, 5.74) is 1.36. The van der Waals surface area contributed by atoms with Gasteiger partial charge in [-0.2, -0.15) is 0 Å². The molecule has 3 heteroatoms. The second kappa shape index (κ2) is 5.76. The van der Waals surface area contributed by atoms with E-state index in [1.165, 1.54) is 22.0 Å². The number of fused-ring (bicyclic) bond motifs is 2. The Morgan fingerprint density at radius 3 is 2.65 bits per heavy atom. The SMILES string of the molecule is CCC(=O)[C@@H]1C2CCC(C[C@H]1c1ccc(I)cc1)N2C. The number of hydrogen-bond acceptors (Lipinski definition) is 2. The van der Waals surface area contributed by atoms with Crippen LogP contribution in [0.3, 0.4) is 0 Å². The minimum atomic E-state index is 0.198. The molecule has 2 saturated heterocycles. The van der Waals surface area contributed by atoms with Crippen molar-refractivity contribution in [3.63, 3.8) is 0 Å². The van der Waals surface area contributed by atoms with Gasteiger partial charge in [0.2, 0.25) is 0 Å². The summed E-state index contributed by atoms with van der Waals surface area (Å²) in [4.78, 5) is 15.0. The largest absolute Gasteiger partial charge is 0.300 e. The predicted octanol–water partition coefficient (Wildman–Crippen LogP) is 3.84. The third-order valence-electron chi connectivity index (χ3n) is 5.29. The van der Waals surface area contributed by atoms with Crippen LogP contribution >= 0.6 is 22.6 Å². The minimum absolute atomic E-state index is 0.198. The van der Waals surface area contributed by atoms with Crippen molar-refractivity contribution in [1.29, 1.82) is 0 Å². The number of carbonyl (C=O) groups is 1. The number of ketones is 1. The van der Waals surface area contributed by atoms with Crippen molar-refractivity contribution in [3.05, 3.63) is 33.4 Å². The van der Waals surface area contributed by atoms with E-state index in [4.69, 9.17) is 0 Å². The van der Waals surface area contributed by atoms with Crippen molar-refractivity contribution >= 4 is 28.4 Å². The Bertz CT molecular complexity index is 498. The second-order valence-corrected chi connectivity index (χ2v) is 7.45. The Labute approximate surface area is 135 Å². The van der Waals surface area contributed by atoms with E-state index >= 15 is 0 Å². The van der Waals surface area contributed by atoms with Crippen molar-refractivity contribution in [3.8, 4) is 0 Å². The molecule has 2 unspecified atom stereocenters. The lowest BCUT2D eigenvalue weighted by Crippen LogP contribution is -2.48. The van der Waals surface area contributed by atoms with Gasteiger partial charge >= 0.3 is 0 Å². The molecule has 1 aromatic rings. The minimum Gasteiger partial charge on any atom is -0.300 e. The molecule has 2 aliphatic heterocycles. The van der Waals surface area contributed by atoms with Gasteiger partial charge in [0.05, 0.1) is 0 Å². The molecule has 2 bridgehead atoms. The summed E-state index contributed by atoms with van der Waals surface area (Å²) in [5.74, 6) is 1.07. The van der Waals surface area contributed by atoms with Crippen molar-refractivity contribution < 1.29 is 4.79 Å². The summed E-state index contributed by atoms with van der Waals surface area (Å²) < 4.78 is 1.26. The van der Waals surface area contributed by atoms with Gasteiger partial charge in [0.15, 0.2) is 0 Å². The molecule has 0 amide bonds. The maximum Gasteiger partial charge on any atom is 0.137 e. The first kappa shape index (κ1) is 14.5. The van der Waals surface area contributed by atoms with E-state index in [0.717, 1.165) is 6.42 Å². The standard InChI is InChI=1S/C17H22INO/c1-3-16(20)17-14(11-4-6-12(18)7-5-11)10-13-8-9-15(17)19(13)2/h4-7,13-15,17H,3,8-10H2,1-2H3/t13?,14-,15?,17-/m0/s1. The molecule has 2 aliphatic rings. The summed E-state index contributed by atoms with van der Waals surface area (Å²) in [7, 11) is 2.21. The van der Waals surface area contributed by atoms with Gasteiger partial charge in [-0.1, -0.05) is 19.1 Å². The Balaban J connectivity index is 1.95. The van der Waals surface area contributed by atoms with Crippen molar-refractivity contribution in [2.75, 3.05) is 7.05 Å². The van der Waals surface area contributed by atoms with Gasteiger partial charge in [-0.25, -0.2) is 0 Å². The van der Waals surface area contributed by atoms with Crippen LogP contribution < -0.4 is 0 Å². The Kier molecular flexibility index (Phi) is 4.18. The highest BCUT2D eigenvalue weighted by molar-refractivity contribution is 14.1. The molecule has 2 nitrogen and oxygen atoms in total. The van der Waals surface area contributed by atoms with Crippen molar-refractivity contribution in [2.45, 2.75) is 50.6 Å². The molecule has 108 valence electrons. The van der Waals surface area contributed by atoms with E-state index in [1.807, 2.05) is 6.92 Å². The topological polar surface area (TPSA) is 20.3 Å². The lowest BCUT2D eigenvalue weighted by Gasteiger charge is -2.42. The van der Waals surface area contributed by atoms with E-state index in [9.17, 15) is 4.79 Å². The first-order chi connectivity index (χ1) is 9.61. The van der Waals surface area contributed by atoms with Crippen LogP contribution in [0.1, 0.15) is 44.1 Å². The number of halogens is 1. The Morgan fingerprint density at radius 2 is 2.00 bits per heavy atom. The van der Waals surface area contributed by atoms with Gasteiger partial charge in [0.1, 0.15) is 5.78 Å². The van der Waals surface area contributed by atoms with Crippen LogP contribution in [0.5, 0.6) is 0 Å². The number of nitrogens with zero attached hydrogens (tertiary/aromatic N) is 1. The lowest BCUT2D eigenvalue weighted by atomic mass is 9.73. The fourth-order valence-corrected chi connectivity index (χ4v) is 4.55. The van der Waals surface area contributed by atoms with Gasteiger partial charge in [-0.05, 0) is 72.5 Å². The third-order valence-corrected chi connectivity index (χ3v) is 6.01. The smallest absolute Gasteiger partial charge is 0.137 e. The summed E-state index contributed by atoms with van der Waals surface area (Å²) in [6, 6.07) is 9.93. The van der Waals surface area contributed by atoms with E-state index in [0.29, 0.717) is 30.2 Å². The molecular formula is C17H22INO. The number of piperidine rings is 1. The molecule has 0 aliphatic carbocycles. The van der Waals surface area contributed by atoms with Crippen molar-refractivity contribution in [1.82, 2.24) is 4.90 Å². The predicted molar refractivity (Wildman–Crippen MR) is 89.9 cm³/mol. The number of Topliss-reactive ketones (excluding diaryl/α,β-unsaturated/α-hetero) is 1. The van der Waals surface area contributed by atoms with Gasteiger partial charge < -0.3 is 0 Å². The molecule has 0 saturated carbocycles. The van der Waals surface area contributed by atoms with Crippen LogP contribution in [0.2, 0.25) is 0 Å². The van der Waals surface area contributed by atoms with Gasteiger partial charge in [0.25, 0.3) is 0 Å². The van der Waals surface area contributed by atoms with Crippen LogP contribution in [0.15, 0.2) is 24.3 Å². The van der Waals surface area contributed by atoms with Crippen LogP contribution in [0, 0.1) is 9.49 Å². The van der Waals surface area contributed by atoms with Gasteiger partial charge in [-0.3, -0.25) is 9.69 Å². The molecular weight excluding hydrogens is 361 g/mol. The highest BCUT2D eigenvalue weighted by atomic mass is 127. The average Bonchev–Trinajstić information content (AvgIpc) is 2.70. The van der Waals surface area contributed by atoms with Gasteiger partial charge in [-0.15, -0.1) is 0 Å². The van der Waals surface area contributed by atoms with E-state index in [1.54, 1.807) is 0 Å². The van der Waals surface area contributed by atoms with Gasteiger partial charge in [0, 0.05) is 28.0 Å². The van der Waals surface area contributed by atoms with Crippen LogP contribution in [0.4, 0.5) is 0 Å². The Hall–Kier alpha value is -0.420. The molecule has 0 aromatic heterocycles. The number of benzene rings is 1. The zero-order valence-electron chi connectivity index (χ0n) is 12.2. The summed E-state index contributed by atoms with van der Waals surface area (Å²) in [6.07, 6.45) is 4.26. The highest BCUT2D eigenvalue weighted by Crippen LogP contribution is 2.46. The molecule has 3 rings (SSSR count). The molecule has 0 spiro atoms. The van der Waals surface area contributed by atoms with Crippen molar-refractivity contribution in [2.24, 2.45) is 5.92 Å². The van der Waals surface area contributed by atoms with E-state index in [-0.39, 0.29) is 5.92 Å². The summed E-state index contributed by atoms with van der Waals surface area (Å²) in [6.45, 7) is 2.01. The molecule has 0 radical (unpaired) electrons. The van der Waals surface area contributed by atoms with E-state index in [2.05, 4.69) is 58.8 Å². The highest BCUT2D eigenvalue weighted by Gasteiger charge is 2.48. The quantitative estimate of drug-likeness (QED) is 0.740.